The zero-order chi connectivity index (χ0) is 20.5. The minimum absolute atomic E-state index is 0.0643. The van der Waals surface area contributed by atoms with E-state index in [1.807, 2.05) is 19.9 Å². The second-order valence-corrected chi connectivity index (χ2v) is 7.23. The lowest BCUT2D eigenvalue weighted by atomic mass is 10.1. The van der Waals surface area contributed by atoms with Gasteiger partial charge in [0.25, 0.3) is 11.8 Å². The smallest absolute Gasteiger partial charge is 0.254 e. The predicted molar refractivity (Wildman–Crippen MR) is 109 cm³/mol. The molecule has 148 valence electrons. The van der Waals surface area contributed by atoms with Gasteiger partial charge in [0.2, 0.25) is 0 Å². The number of benzene rings is 2. The molecule has 0 unspecified atom stereocenters. The van der Waals surface area contributed by atoms with Crippen LogP contribution in [-0.2, 0) is 0 Å². The minimum Gasteiger partial charge on any atom is -0.508 e. The van der Waals surface area contributed by atoms with Crippen LogP contribution in [0.4, 0.5) is 0 Å². The van der Waals surface area contributed by atoms with Gasteiger partial charge in [0.05, 0.1) is 22.4 Å². The third kappa shape index (κ3) is 3.76. The molecular formula is C22H22N4O3. The Hall–Kier alpha value is -3.48. The van der Waals surface area contributed by atoms with Crippen molar-refractivity contribution in [3.8, 4) is 5.75 Å². The van der Waals surface area contributed by atoms with Gasteiger partial charge in [-0.2, -0.15) is 0 Å². The number of phenols is 1. The molecule has 1 saturated heterocycles. The first-order valence-electron chi connectivity index (χ1n) is 9.55. The summed E-state index contributed by atoms with van der Waals surface area (Å²) >= 11 is 0. The van der Waals surface area contributed by atoms with Crippen molar-refractivity contribution in [2.45, 2.75) is 13.8 Å². The van der Waals surface area contributed by atoms with Gasteiger partial charge in [-0.3, -0.25) is 9.59 Å². The maximum atomic E-state index is 12.9. The average molecular weight is 390 g/mol. The molecule has 1 fully saturated rings. The second-order valence-electron chi connectivity index (χ2n) is 7.23. The highest BCUT2D eigenvalue weighted by molar-refractivity contribution is 5.98. The molecule has 1 aliphatic rings. The lowest BCUT2D eigenvalue weighted by molar-refractivity contribution is 0.0535. The summed E-state index contributed by atoms with van der Waals surface area (Å²) in [5.41, 5.74) is 4.22. The third-order valence-corrected chi connectivity index (χ3v) is 5.27. The molecule has 29 heavy (non-hydrogen) atoms. The first kappa shape index (κ1) is 18.9. The zero-order valence-corrected chi connectivity index (χ0v) is 16.4. The Labute approximate surface area is 168 Å². The average Bonchev–Trinajstić information content (AvgIpc) is 2.73. The van der Waals surface area contributed by atoms with Crippen molar-refractivity contribution in [3.05, 3.63) is 65.0 Å². The van der Waals surface area contributed by atoms with Crippen LogP contribution in [-0.4, -0.2) is 62.9 Å². The van der Waals surface area contributed by atoms with Gasteiger partial charge in [-0.25, -0.2) is 9.97 Å². The van der Waals surface area contributed by atoms with Crippen LogP contribution in [0.1, 0.15) is 32.1 Å². The van der Waals surface area contributed by atoms with E-state index in [1.165, 1.54) is 12.1 Å². The van der Waals surface area contributed by atoms with Gasteiger partial charge in [-0.05, 0) is 50.2 Å². The van der Waals surface area contributed by atoms with E-state index in [-0.39, 0.29) is 17.6 Å². The number of nitrogens with zero attached hydrogens (tertiary/aromatic N) is 4. The largest absolute Gasteiger partial charge is 0.508 e. The summed E-state index contributed by atoms with van der Waals surface area (Å²) in [5, 5.41) is 9.58. The Balaban J connectivity index is 1.45. The van der Waals surface area contributed by atoms with Crippen LogP contribution in [0.15, 0.2) is 42.5 Å². The molecule has 7 heteroatoms. The number of hydrogen-bond acceptors (Lipinski definition) is 5. The number of carbonyl (C=O) groups excluding carboxylic acids is 2. The number of rotatable bonds is 2. The molecule has 7 nitrogen and oxygen atoms in total. The Morgan fingerprint density at radius 2 is 1.34 bits per heavy atom. The third-order valence-electron chi connectivity index (χ3n) is 5.27. The summed E-state index contributed by atoms with van der Waals surface area (Å²) < 4.78 is 0. The number of hydrogen-bond donors (Lipinski definition) is 1. The Bertz CT molecular complexity index is 1100. The van der Waals surface area contributed by atoms with Gasteiger partial charge in [0, 0.05) is 37.3 Å². The van der Waals surface area contributed by atoms with Crippen molar-refractivity contribution in [2.24, 2.45) is 0 Å². The van der Waals surface area contributed by atoms with E-state index in [1.54, 1.807) is 34.1 Å². The fraction of sp³-hybridized carbons (Fsp3) is 0.273. The standard InChI is InChI=1S/C22H22N4O3/c1-14-15(2)24-20-13-17(6-7-19(20)23-14)22(29)26-10-8-25(9-11-26)21(28)16-4-3-5-18(27)12-16/h3-7,12-13,27H,8-11H2,1-2H3. The van der Waals surface area contributed by atoms with Crippen LogP contribution in [0.2, 0.25) is 0 Å². The number of carbonyl (C=O) groups is 2. The first-order valence-corrected chi connectivity index (χ1v) is 9.55. The van der Waals surface area contributed by atoms with E-state index in [0.29, 0.717) is 42.8 Å². The topological polar surface area (TPSA) is 86.6 Å². The maximum Gasteiger partial charge on any atom is 0.254 e. The molecule has 1 aliphatic heterocycles. The summed E-state index contributed by atoms with van der Waals surface area (Å²) in [5.74, 6) is -0.147. The van der Waals surface area contributed by atoms with Crippen molar-refractivity contribution in [2.75, 3.05) is 26.2 Å². The monoisotopic (exact) mass is 390 g/mol. The van der Waals surface area contributed by atoms with E-state index >= 15 is 0 Å². The molecular weight excluding hydrogens is 368 g/mol. The highest BCUT2D eigenvalue weighted by Gasteiger charge is 2.26. The fourth-order valence-electron chi connectivity index (χ4n) is 3.48. The highest BCUT2D eigenvalue weighted by atomic mass is 16.3. The summed E-state index contributed by atoms with van der Waals surface area (Å²) in [6.07, 6.45) is 0. The molecule has 1 N–H and O–H groups in total. The van der Waals surface area contributed by atoms with Gasteiger partial charge in [0.1, 0.15) is 5.75 Å². The van der Waals surface area contributed by atoms with Gasteiger partial charge in [-0.1, -0.05) is 6.07 Å². The normalized spacial score (nSPS) is 14.3. The van der Waals surface area contributed by atoms with E-state index in [0.717, 1.165) is 16.9 Å². The van der Waals surface area contributed by atoms with Crippen LogP contribution in [0.5, 0.6) is 5.75 Å². The van der Waals surface area contributed by atoms with Crippen LogP contribution in [0.3, 0.4) is 0 Å². The van der Waals surface area contributed by atoms with Crippen molar-refractivity contribution in [1.29, 1.82) is 0 Å². The van der Waals surface area contributed by atoms with E-state index < -0.39 is 0 Å². The molecule has 0 spiro atoms. The van der Waals surface area contributed by atoms with Crippen LogP contribution < -0.4 is 0 Å². The zero-order valence-electron chi connectivity index (χ0n) is 16.4. The molecule has 2 aromatic carbocycles. The molecule has 3 aromatic rings. The molecule has 0 aliphatic carbocycles. The quantitative estimate of drug-likeness (QED) is 0.727. The number of fused-ring (bicyclic) bond motifs is 1. The van der Waals surface area contributed by atoms with E-state index in [9.17, 15) is 14.7 Å². The lowest BCUT2D eigenvalue weighted by Crippen LogP contribution is -2.50. The summed E-state index contributed by atoms with van der Waals surface area (Å²) in [4.78, 5) is 38.0. The van der Waals surface area contributed by atoms with Crippen LogP contribution >= 0.6 is 0 Å². The summed E-state index contributed by atoms with van der Waals surface area (Å²) in [6.45, 7) is 5.63. The Kier molecular flexibility index (Phi) is 4.88. The number of amides is 2. The lowest BCUT2D eigenvalue weighted by Gasteiger charge is -2.35. The SMILES string of the molecule is Cc1nc2ccc(C(=O)N3CCN(C(=O)c4cccc(O)c4)CC3)cc2nc1C. The summed E-state index contributed by atoms with van der Waals surface area (Å²) in [7, 11) is 0. The van der Waals surface area contributed by atoms with Crippen LogP contribution in [0.25, 0.3) is 11.0 Å². The van der Waals surface area contributed by atoms with Gasteiger partial charge in [0.15, 0.2) is 0 Å². The Morgan fingerprint density at radius 1 is 0.793 bits per heavy atom. The predicted octanol–water partition coefficient (Wildman–Crippen LogP) is 2.55. The molecule has 1 aromatic heterocycles. The van der Waals surface area contributed by atoms with Crippen molar-refractivity contribution >= 4 is 22.8 Å². The minimum atomic E-state index is -0.139. The molecule has 0 saturated carbocycles. The van der Waals surface area contributed by atoms with E-state index in [4.69, 9.17) is 0 Å². The second kappa shape index (κ2) is 7.50. The van der Waals surface area contributed by atoms with Crippen molar-refractivity contribution < 1.29 is 14.7 Å². The van der Waals surface area contributed by atoms with Crippen molar-refractivity contribution in [3.63, 3.8) is 0 Å². The highest BCUT2D eigenvalue weighted by Crippen LogP contribution is 2.18. The number of aryl methyl sites for hydroxylation is 2. The first-order chi connectivity index (χ1) is 13.9. The summed E-state index contributed by atoms with van der Waals surface area (Å²) in [6, 6.07) is 11.7. The molecule has 0 radical (unpaired) electrons. The van der Waals surface area contributed by atoms with Gasteiger partial charge in [-0.15, -0.1) is 0 Å². The van der Waals surface area contributed by atoms with Gasteiger partial charge >= 0.3 is 0 Å². The van der Waals surface area contributed by atoms with Crippen molar-refractivity contribution in [1.82, 2.24) is 19.8 Å². The molecule has 4 rings (SSSR count). The molecule has 0 bridgehead atoms. The fourth-order valence-corrected chi connectivity index (χ4v) is 3.48. The number of aromatic nitrogens is 2. The maximum absolute atomic E-state index is 12.9. The number of piperazine rings is 1. The Morgan fingerprint density at radius 3 is 1.93 bits per heavy atom. The molecule has 0 atom stereocenters. The number of aromatic hydroxyl groups is 1. The molecule has 2 heterocycles. The number of phenolic OH excluding ortho intramolecular Hbond substituents is 1. The van der Waals surface area contributed by atoms with Gasteiger partial charge < -0.3 is 14.9 Å². The van der Waals surface area contributed by atoms with E-state index in [2.05, 4.69) is 9.97 Å². The molecule has 2 amide bonds. The van der Waals surface area contributed by atoms with Crippen LogP contribution in [0, 0.1) is 13.8 Å².